The standard InChI is InChI=1S/C15H21N3O5S/c1-10(2)16-14(19)15(20)17-12-9-11(5-6-13(12)23-3)18-7-4-8-24(18,21)22/h5-6,9-10H,4,7-8H2,1-3H3,(H,16,19)(H,17,20). The van der Waals surface area contributed by atoms with Crippen molar-refractivity contribution >= 4 is 33.2 Å². The smallest absolute Gasteiger partial charge is 0.313 e. The van der Waals surface area contributed by atoms with Crippen LogP contribution in [0.15, 0.2) is 18.2 Å². The van der Waals surface area contributed by atoms with Gasteiger partial charge in [-0.1, -0.05) is 0 Å². The summed E-state index contributed by atoms with van der Waals surface area (Å²) >= 11 is 0. The SMILES string of the molecule is COc1ccc(N2CCCS2(=O)=O)cc1NC(=O)C(=O)NC(C)C. The minimum absolute atomic E-state index is 0.0948. The predicted molar refractivity (Wildman–Crippen MR) is 90.7 cm³/mol. The molecule has 1 aliphatic rings. The molecule has 1 aliphatic heterocycles. The molecule has 0 aromatic heterocycles. The first-order valence-electron chi connectivity index (χ1n) is 7.55. The molecule has 2 amide bonds. The van der Waals surface area contributed by atoms with Crippen molar-refractivity contribution in [2.75, 3.05) is 29.0 Å². The van der Waals surface area contributed by atoms with E-state index in [1.807, 2.05) is 0 Å². The molecule has 0 bridgehead atoms. The fraction of sp³-hybridized carbons (Fsp3) is 0.467. The molecule has 0 atom stereocenters. The molecule has 1 heterocycles. The highest BCUT2D eigenvalue weighted by molar-refractivity contribution is 7.93. The van der Waals surface area contributed by atoms with E-state index >= 15 is 0 Å². The first-order chi connectivity index (χ1) is 11.2. The number of nitrogens with one attached hydrogen (secondary N) is 2. The van der Waals surface area contributed by atoms with E-state index in [4.69, 9.17) is 4.74 Å². The summed E-state index contributed by atoms with van der Waals surface area (Å²) in [5, 5.41) is 4.95. The van der Waals surface area contributed by atoms with Crippen molar-refractivity contribution in [3.63, 3.8) is 0 Å². The van der Waals surface area contributed by atoms with Gasteiger partial charge in [-0.05, 0) is 38.5 Å². The Balaban J connectivity index is 2.27. The second-order valence-electron chi connectivity index (χ2n) is 5.71. The molecule has 132 valence electrons. The minimum atomic E-state index is -3.34. The molecule has 1 aromatic rings. The van der Waals surface area contributed by atoms with E-state index in [0.29, 0.717) is 24.4 Å². The number of methoxy groups -OCH3 is 1. The van der Waals surface area contributed by atoms with E-state index in [1.165, 1.54) is 17.5 Å². The largest absolute Gasteiger partial charge is 0.495 e. The van der Waals surface area contributed by atoms with Crippen LogP contribution in [0.1, 0.15) is 20.3 Å². The van der Waals surface area contributed by atoms with Crippen LogP contribution in [-0.2, 0) is 19.6 Å². The zero-order valence-electron chi connectivity index (χ0n) is 13.8. The molecule has 0 unspecified atom stereocenters. The third kappa shape index (κ3) is 3.97. The molecule has 2 N–H and O–H groups in total. The van der Waals surface area contributed by atoms with Crippen LogP contribution in [0.25, 0.3) is 0 Å². The number of carbonyl (C=O) groups is 2. The Bertz CT molecular complexity index is 745. The molecule has 0 radical (unpaired) electrons. The molecule has 9 heteroatoms. The van der Waals surface area contributed by atoms with Gasteiger partial charge in [0.2, 0.25) is 10.0 Å². The summed E-state index contributed by atoms with van der Waals surface area (Å²) in [6.45, 7) is 3.87. The number of sulfonamides is 1. The van der Waals surface area contributed by atoms with Crippen molar-refractivity contribution < 1.29 is 22.7 Å². The van der Waals surface area contributed by atoms with Crippen LogP contribution in [-0.4, -0.2) is 45.7 Å². The van der Waals surface area contributed by atoms with Gasteiger partial charge >= 0.3 is 11.8 Å². The third-order valence-corrected chi connectivity index (χ3v) is 5.31. The average Bonchev–Trinajstić information content (AvgIpc) is 2.85. The number of anilines is 2. The number of benzene rings is 1. The number of ether oxygens (including phenoxy) is 1. The van der Waals surface area contributed by atoms with Crippen molar-refractivity contribution in [3.8, 4) is 5.75 Å². The van der Waals surface area contributed by atoms with Gasteiger partial charge in [0.05, 0.1) is 24.2 Å². The van der Waals surface area contributed by atoms with E-state index in [9.17, 15) is 18.0 Å². The van der Waals surface area contributed by atoms with Gasteiger partial charge in [-0.3, -0.25) is 13.9 Å². The summed E-state index contributed by atoms with van der Waals surface area (Å²) in [5.74, 6) is -1.19. The maximum atomic E-state index is 12.0. The van der Waals surface area contributed by atoms with Gasteiger partial charge in [0.1, 0.15) is 5.75 Å². The first kappa shape index (κ1) is 18.1. The average molecular weight is 355 g/mol. The Labute approximate surface area is 141 Å². The van der Waals surface area contributed by atoms with Gasteiger partial charge in [0, 0.05) is 12.6 Å². The molecule has 1 fully saturated rings. The van der Waals surface area contributed by atoms with Crippen LogP contribution < -0.4 is 19.7 Å². The van der Waals surface area contributed by atoms with E-state index in [-0.39, 0.29) is 17.5 Å². The lowest BCUT2D eigenvalue weighted by Crippen LogP contribution is -2.39. The maximum Gasteiger partial charge on any atom is 0.313 e. The van der Waals surface area contributed by atoms with Gasteiger partial charge in [-0.25, -0.2) is 8.42 Å². The molecule has 24 heavy (non-hydrogen) atoms. The van der Waals surface area contributed by atoms with Gasteiger partial charge in [-0.2, -0.15) is 0 Å². The fourth-order valence-corrected chi connectivity index (χ4v) is 3.94. The highest BCUT2D eigenvalue weighted by Gasteiger charge is 2.29. The van der Waals surface area contributed by atoms with Crippen molar-refractivity contribution in [2.45, 2.75) is 26.3 Å². The number of amides is 2. The highest BCUT2D eigenvalue weighted by atomic mass is 32.2. The van der Waals surface area contributed by atoms with Crippen molar-refractivity contribution in [2.24, 2.45) is 0 Å². The van der Waals surface area contributed by atoms with Crippen LogP contribution in [0.5, 0.6) is 5.75 Å². The molecule has 2 rings (SSSR count). The topological polar surface area (TPSA) is 105 Å². The number of hydrogen-bond donors (Lipinski definition) is 2. The monoisotopic (exact) mass is 355 g/mol. The summed E-state index contributed by atoms with van der Waals surface area (Å²) in [4.78, 5) is 23.7. The molecule has 8 nitrogen and oxygen atoms in total. The van der Waals surface area contributed by atoms with Crippen LogP contribution in [0.2, 0.25) is 0 Å². The second kappa shape index (κ2) is 7.08. The molecule has 0 saturated carbocycles. The number of hydrogen-bond acceptors (Lipinski definition) is 5. The minimum Gasteiger partial charge on any atom is -0.495 e. The summed E-state index contributed by atoms with van der Waals surface area (Å²) in [7, 11) is -1.91. The lowest BCUT2D eigenvalue weighted by atomic mass is 10.2. The third-order valence-electron chi connectivity index (χ3n) is 3.44. The number of nitrogens with zero attached hydrogens (tertiary/aromatic N) is 1. The van der Waals surface area contributed by atoms with E-state index < -0.39 is 21.8 Å². The normalized spacial score (nSPS) is 16.1. The predicted octanol–water partition coefficient (Wildman–Crippen LogP) is 0.698. The molecular formula is C15H21N3O5S. The molecular weight excluding hydrogens is 334 g/mol. The van der Waals surface area contributed by atoms with Crippen LogP contribution in [0.4, 0.5) is 11.4 Å². The Hall–Kier alpha value is -2.29. The Morgan fingerprint density at radius 2 is 1.96 bits per heavy atom. The van der Waals surface area contributed by atoms with Crippen LogP contribution in [0.3, 0.4) is 0 Å². The summed E-state index contributed by atoms with van der Waals surface area (Å²) in [5.41, 5.74) is 0.661. The Morgan fingerprint density at radius 1 is 1.25 bits per heavy atom. The first-order valence-corrected chi connectivity index (χ1v) is 9.16. The van der Waals surface area contributed by atoms with Gasteiger partial charge in [0.15, 0.2) is 0 Å². The second-order valence-corrected chi connectivity index (χ2v) is 7.72. The van der Waals surface area contributed by atoms with Gasteiger partial charge < -0.3 is 15.4 Å². The summed E-state index contributed by atoms with van der Waals surface area (Å²) in [6.07, 6.45) is 0.548. The van der Waals surface area contributed by atoms with Crippen LogP contribution in [0, 0.1) is 0 Å². The molecule has 0 aliphatic carbocycles. The Kier molecular flexibility index (Phi) is 5.33. The lowest BCUT2D eigenvalue weighted by molar-refractivity contribution is -0.136. The van der Waals surface area contributed by atoms with E-state index in [0.717, 1.165) is 0 Å². The fourth-order valence-electron chi connectivity index (χ4n) is 2.39. The molecule has 0 spiro atoms. The van der Waals surface area contributed by atoms with Crippen molar-refractivity contribution in [3.05, 3.63) is 18.2 Å². The quantitative estimate of drug-likeness (QED) is 0.774. The van der Waals surface area contributed by atoms with E-state index in [2.05, 4.69) is 10.6 Å². The van der Waals surface area contributed by atoms with Crippen molar-refractivity contribution in [1.29, 1.82) is 0 Å². The van der Waals surface area contributed by atoms with Gasteiger partial charge in [0.25, 0.3) is 0 Å². The molecule has 1 saturated heterocycles. The van der Waals surface area contributed by atoms with Gasteiger partial charge in [-0.15, -0.1) is 0 Å². The lowest BCUT2D eigenvalue weighted by Gasteiger charge is -2.19. The van der Waals surface area contributed by atoms with E-state index in [1.54, 1.807) is 26.0 Å². The number of rotatable bonds is 4. The maximum absolute atomic E-state index is 12.0. The van der Waals surface area contributed by atoms with Crippen molar-refractivity contribution in [1.82, 2.24) is 5.32 Å². The van der Waals surface area contributed by atoms with Crippen LogP contribution >= 0.6 is 0 Å². The zero-order valence-corrected chi connectivity index (χ0v) is 14.6. The summed E-state index contributed by atoms with van der Waals surface area (Å²) in [6, 6.07) is 4.47. The highest BCUT2D eigenvalue weighted by Crippen LogP contribution is 2.32. The molecule has 1 aromatic carbocycles. The summed E-state index contributed by atoms with van der Waals surface area (Å²) < 4.78 is 30.5. The Morgan fingerprint density at radius 3 is 2.50 bits per heavy atom. The zero-order chi connectivity index (χ0) is 17.9. The number of carbonyl (C=O) groups excluding carboxylic acids is 2.